The number of nitrogens with one attached hydrogen (secondary N) is 1. The first-order valence-electron chi connectivity index (χ1n) is 9.67. The molecule has 10 heteroatoms. The molecule has 166 valence electrons. The molecule has 0 fully saturated rings. The average molecular weight is 463 g/mol. The maximum atomic E-state index is 12.3. The molecule has 0 spiro atoms. The smallest absolute Gasteiger partial charge is 0.279 e. The van der Waals surface area contributed by atoms with Gasteiger partial charge in [0, 0.05) is 16.2 Å². The molecular formula is C21H26N4O4S2. The normalized spacial score (nSPS) is 12.4. The van der Waals surface area contributed by atoms with Crippen LogP contribution in [0.2, 0.25) is 0 Å². The Hall–Kier alpha value is -2.40. The zero-order valence-corrected chi connectivity index (χ0v) is 19.6. The Bertz CT molecular complexity index is 1220. The molecule has 0 atom stereocenters. The van der Waals surface area contributed by atoms with Crippen LogP contribution in [0, 0.1) is 5.41 Å². The van der Waals surface area contributed by atoms with Gasteiger partial charge in [0.25, 0.3) is 5.56 Å². The lowest BCUT2D eigenvalue weighted by atomic mass is 9.98. The van der Waals surface area contributed by atoms with E-state index in [0.29, 0.717) is 22.0 Å². The summed E-state index contributed by atoms with van der Waals surface area (Å²) in [6, 6.07) is 12.5. The number of rotatable bonds is 9. The van der Waals surface area contributed by atoms with Crippen LogP contribution >= 0.6 is 11.3 Å². The number of hydrogen-bond acceptors (Lipinski definition) is 8. The fourth-order valence-corrected chi connectivity index (χ4v) is 5.48. The lowest BCUT2D eigenvalue weighted by Gasteiger charge is -2.25. The largest absolute Gasteiger partial charge is 0.477 e. The fraction of sp³-hybridized carbons (Fsp3) is 0.381. The first-order chi connectivity index (χ1) is 14.5. The Morgan fingerprint density at radius 3 is 2.58 bits per heavy atom. The van der Waals surface area contributed by atoms with E-state index in [2.05, 4.69) is 14.7 Å². The van der Waals surface area contributed by atoms with E-state index in [4.69, 9.17) is 4.74 Å². The molecule has 3 aromatic rings. The molecule has 8 nitrogen and oxygen atoms in total. The molecule has 1 N–H and O–H groups in total. The van der Waals surface area contributed by atoms with Crippen molar-refractivity contribution < 1.29 is 13.2 Å². The zero-order chi connectivity index (χ0) is 22.6. The lowest BCUT2D eigenvalue weighted by Crippen LogP contribution is -2.40. The maximum Gasteiger partial charge on any atom is 0.279 e. The number of nitrogens with zero attached hydrogens (tertiary/aromatic N) is 3. The van der Waals surface area contributed by atoms with Crippen molar-refractivity contribution in [3.05, 3.63) is 52.8 Å². The summed E-state index contributed by atoms with van der Waals surface area (Å²) in [6.45, 7) is 4.04. The van der Waals surface area contributed by atoms with E-state index >= 15 is 0 Å². The van der Waals surface area contributed by atoms with Crippen LogP contribution in [-0.4, -0.2) is 56.4 Å². The van der Waals surface area contributed by atoms with E-state index in [1.54, 1.807) is 43.3 Å². The predicted molar refractivity (Wildman–Crippen MR) is 124 cm³/mol. The van der Waals surface area contributed by atoms with Crippen LogP contribution in [0.1, 0.15) is 13.8 Å². The Labute approximate surface area is 186 Å². The SMILES string of the molecule is CN(C)CNS(=O)(=O)CC(C)(C)COc1cccc(-c2nc(=O)c3ccccc3s2)n1. The van der Waals surface area contributed by atoms with Crippen molar-refractivity contribution in [1.29, 1.82) is 0 Å². The van der Waals surface area contributed by atoms with Gasteiger partial charge in [0.2, 0.25) is 15.9 Å². The number of sulfonamides is 1. The lowest BCUT2D eigenvalue weighted by molar-refractivity contribution is 0.193. The molecular weight excluding hydrogens is 436 g/mol. The average Bonchev–Trinajstić information content (AvgIpc) is 2.70. The second kappa shape index (κ2) is 9.39. The molecule has 0 aliphatic rings. The molecule has 0 aliphatic carbocycles. The second-order valence-electron chi connectivity index (χ2n) is 8.28. The monoisotopic (exact) mass is 462 g/mol. The van der Waals surface area contributed by atoms with Crippen molar-refractivity contribution in [1.82, 2.24) is 19.6 Å². The Balaban J connectivity index is 1.73. The fourth-order valence-electron chi connectivity index (χ4n) is 2.84. The van der Waals surface area contributed by atoms with Gasteiger partial charge in [-0.3, -0.25) is 9.69 Å². The van der Waals surface area contributed by atoms with Crippen LogP contribution in [0.5, 0.6) is 5.88 Å². The minimum absolute atomic E-state index is 0.0820. The van der Waals surface area contributed by atoms with Crippen molar-refractivity contribution in [2.45, 2.75) is 13.8 Å². The summed E-state index contributed by atoms with van der Waals surface area (Å²) in [5.74, 6) is 0.264. The van der Waals surface area contributed by atoms with Gasteiger partial charge in [-0.05, 0) is 32.3 Å². The number of aromatic nitrogens is 2. The van der Waals surface area contributed by atoms with Crippen molar-refractivity contribution in [3.8, 4) is 16.6 Å². The zero-order valence-electron chi connectivity index (χ0n) is 18.0. The highest BCUT2D eigenvalue weighted by molar-refractivity contribution is 7.89. The van der Waals surface area contributed by atoms with E-state index in [0.717, 1.165) is 4.70 Å². The highest BCUT2D eigenvalue weighted by Gasteiger charge is 2.27. The number of ether oxygens (including phenoxy) is 1. The van der Waals surface area contributed by atoms with E-state index in [1.165, 1.54) is 11.3 Å². The molecule has 2 heterocycles. The van der Waals surface area contributed by atoms with E-state index in [-0.39, 0.29) is 24.6 Å². The molecule has 0 bridgehead atoms. The van der Waals surface area contributed by atoms with Gasteiger partial charge in [0.15, 0.2) is 0 Å². The highest BCUT2D eigenvalue weighted by Crippen LogP contribution is 2.26. The van der Waals surface area contributed by atoms with Crippen molar-refractivity contribution in [2.24, 2.45) is 5.41 Å². The van der Waals surface area contributed by atoms with E-state index in [9.17, 15) is 13.2 Å². The third-order valence-corrected chi connectivity index (χ3v) is 7.06. The van der Waals surface area contributed by atoms with Gasteiger partial charge in [-0.15, -0.1) is 11.3 Å². The molecule has 3 rings (SSSR count). The summed E-state index contributed by atoms with van der Waals surface area (Å²) in [4.78, 5) is 22.7. The molecule has 0 aliphatic heterocycles. The predicted octanol–water partition coefficient (Wildman–Crippen LogP) is 2.56. The van der Waals surface area contributed by atoms with Gasteiger partial charge in [-0.2, -0.15) is 4.98 Å². The van der Waals surface area contributed by atoms with Gasteiger partial charge in [0.1, 0.15) is 10.7 Å². The van der Waals surface area contributed by atoms with Crippen LogP contribution in [-0.2, 0) is 10.0 Å². The first kappa shape index (κ1) is 23.3. The molecule has 31 heavy (non-hydrogen) atoms. The molecule has 0 saturated heterocycles. The van der Waals surface area contributed by atoms with Crippen molar-refractivity contribution in [3.63, 3.8) is 0 Å². The standard InChI is InChI=1S/C21H26N4O4S2/c1-21(2,13-31(27,28)22-14-25(3)4)12-29-18-11-7-9-16(23-18)20-24-19(26)15-8-5-6-10-17(15)30-20/h5-11,22H,12-14H2,1-4H3. The molecule has 0 amide bonds. The van der Waals surface area contributed by atoms with Crippen LogP contribution in [0.4, 0.5) is 0 Å². The van der Waals surface area contributed by atoms with Gasteiger partial charge >= 0.3 is 0 Å². The minimum atomic E-state index is -3.45. The van der Waals surface area contributed by atoms with Gasteiger partial charge in [0.05, 0.1) is 24.4 Å². The summed E-state index contributed by atoms with van der Waals surface area (Å²) >= 11 is 1.38. The van der Waals surface area contributed by atoms with E-state index < -0.39 is 15.4 Å². The quantitative estimate of drug-likeness (QED) is 0.488. The third kappa shape index (κ3) is 6.54. The highest BCUT2D eigenvalue weighted by atomic mass is 32.2. The summed E-state index contributed by atoms with van der Waals surface area (Å²) in [7, 11) is 0.126. The van der Waals surface area contributed by atoms with E-state index in [1.807, 2.05) is 32.0 Å². The Morgan fingerprint density at radius 1 is 1.10 bits per heavy atom. The van der Waals surface area contributed by atoms with Crippen LogP contribution in [0.3, 0.4) is 0 Å². The maximum absolute atomic E-state index is 12.3. The topological polar surface area (TPSA) is 101 Å². The van der Waals surface area contributed by atoms with Crippen molar-refractivity contribution >= 4 is 31.4 Å². The summed E-state index contributed by atoms with van der Waals surface area (Å²) in [5, 5.41) is 1.08. The van der Waals surface area contributed by atoms with Crippen LogP contribution in [0.15, 0.2) is 47.3 Å². The molecule has 0 radical (unpaired) electrons. The van der Waals surface area contributed by atoms with Crippen LogP contribution < -0.4 is 15.0 Å². The van der Waals surface area contributed by atoms with Crippen molar-refractivity contribution in [2.75, 3.05) is 33.1 Å². The molecule has 0 unspecified atom stereocenters. The number of benzene rings is 1. The van der Waals surface area contributed by atoms with Crippen LogP contribution in [0.25, 0.3) is 20.8 Å². The summed E-state index contributed by atoms with van der Waals surface area (Å²) in [5.41, 5.74) is -0.403. The van der Waals surface area contributed by atoms with Gasteiger partial charge in [-0.25, -0.2) is 18.1 Å². The van der Waals surface area contributed by atoms with Gasteiger partial charge < -0.3 is 4.74 Å². The third-order valence-electron chi connectivity index (χ3n) is 4.26. The second-order valence-corrected chi connectivity index (χ2v) is 11.1. The summed E-state index contributed by atoms with van der Waals surface area (Å²) < 4.78 is 33.8. The molecule has 2 aromatic heterocycles. The van der Waals surface area contributed by atoms with Gasteiger partial charge in [-0.1, -0.05) is 32.0 Å². The minimum Gasteiger partial charge on any atom is -0.477 e. The molecule has 1 aromatic carbocycles. The first-order valence-corrected chi connectivity index (χ1v) is 12.1. The number of pyridine rings is 1. The summed E-state index contributed by atoms with van der Waals surface area (Å²) in [6.07, 6.45) is 0. The number of hydrogen-bond donors (Lipinski definition) is 1. The number of fused-ring (bicyclic) bond motifs is 1. The Kier molecular flexibility index (Phi) is 7.05. The Morgan fingerprint density at radius 2 is 1.84 bits per heavy atom. The molecule has 0 saturated carbocycles.